The van der Waals surface area contributed by atoms with Crippen molar-refractivity contribution in [1.29, 1.82) is 0 Å². The molecule has 0 aliphatic heterocycles. The molecule has 112 valence electrons. The maximum atomic E-state index is 6.08. The Morgan fingerprint density at radius 1 is 1.19 bits per heavy atom. The Kier molecular flexibility index (Phi) is 6.05. The third-order valence-corrected chi connectivity index (χ3v) is 3.80. The molecule has 0 saturated heterocycles. The summed E-state index contributed by atoms with van der Waals surface area (Å²) in [5.74, 6) is 6.52. The predicted molar refractivity (Wildman–Crippen MR) is 87.4 cm³/mol. The molecule has 4 heteroatoms. The smallest absolute Gasteiger partial charge is 0.123 e. The third kappa shape index (κ3) is 4.46. The Morgan fingerprint density at radius 3 is 2.62 bits per heavy atom. The van der Waals surface area contributed by atoms with Crippen molar-refractivity contribution >= 4 is 11.6 Å². The molecule has 0 aromatic heterocycles. The molecular weight excluding hydrogens is 284 g/mol. The Hall–Kier alpha value is -1.55. The van der Waals surface area contributed by atoms with Gasteiger partial charge in [-0.2, -0.15) is 0 Å². The number of halogens is 1. The maximum absolute atomic E-state index is 6.08. The molecule has 0 bridgehead atoms. The van der Waals surface area contributed by atoms with Crippen molar-refractivity contribution in [3.63, 3.8) is 0 Å². The first kappa shape index (κ1) is 15.8. The molecule has 0 saturated carbocycles. The first-order chi connectivity index (χ1) is 10.2. The minimum absolute atomic E-state index is 0.0300. The van der Waals surface area contributed by atoms with Crippen molar-refractivity contribution in [3.8, 4) is 5.75 Å². The topological polar surface area (TPSA) is 47.3 Å². The fraction of sp³-hybridized carbons (Fsp3) is 0.294. The summed E-state index contributed by atoms with van der Waals surface area (Å²) in [6.07, 6.45) is 2.98. The summed E-state index contributed by atoms with van der Waals surface area (Å²) in [5, 5.41) is 0.689. The first-order valence-electron chi connectivity index (χ1n) is 7.08. The predicted octanol–water partition coefficient (Wildman–Crippen LogP) is 3.88. The standard InChI is InChI=1S/C17H21ClN2O/c1-21-17-11-10-14(18)12-15(17)16(20-19)9-5-8-13-6-3-2-4-7-13/h2-4,6-7,10-12,16,20H,5,8-9,19H2,1H3. The molecule has 3 nitrogen and oxygen atoms in total. The Bertz CT molecular complexity index is 560. The lowest BCUT2D eigenvalue weighted by Crippen LogP contribution is -2.28. The zero-order chi connectivity index (χ0) is 15.1. The van der Waals surface area contributed by atoms with E-state index in [-0.39, 0.29) is 6.04 Å². The van der Waals surface area contributed by atoms with Crippen LogP contribution in [0.15, 0.2) is 48.5 Å². The average molecular weight is 305 g/mol. The summed E-state index contributed by atoms with van der Waals surface area (Å²) in [7, 11) is 1.66. The fourth-order valence-electron chi connectivity index (χ4n) is 2.46. The van der Waals surface area contributed by atoms with E-state index in [9.17, 15) is 0 Å². The SMILES string of the molecule is COc1ccc(Cl)cc1C(CCCc1ccccc1)NN. The quantitative estimate of drug-likeness (QED) is 0.603. The molecule has 0 heterocycles. The highest BCUT2D eigenvalue weighted by molar-refractivity contribution is 6.30. The van der Waals surface area contributed by atoms with Gasteiger partial charge >= 0.3 is 0 Å². The van der Waals surface area contributed by atoms with Crippen LogP contribution in [0.25, 0.3) is 0 Å². The highest BCUT2D eigenvalue weighted by Gasteiger charge is 2.15. The fourth-order valence-corrected chi connectivity index (χ4v) is 2.64. The maximum Gasteiger partial charge on any atom is 0.123 e. The van der Waals surface area contributed by atoms with E-state index in [1.807, 2.05) is 24.3 Å². The van der Waals surface area contributed by atoms with Gasteiger partial charge in [0.25, 0.3) is 0 Å². The minimum atomic E-state index is 0.0300. The van der Waals surface area contributed by atoms with Crippen LogP contribution in [0.5, 0.6) is 5.75 Å². The van der Waals surface area contributed by atoms with Gasteiger partial charge in [-0.25, -0.2) is 0 Å². The molecule has 0 aliphatic rings. The second-order valence-corrected chi connectivity index (χ2v) is 5.42. The number of methoxy groups -OCH3 is 1. The molecular formula is C17H21ClN2O. The van der Waals surface area contributed by atoms with Crippen molar-refractivity contribution in [2.24, 2.45) is 5.84 Å². The van der Waals surface area contributed by atoms with E-state index in [0.717, 1.165) is 30.6 Å². The van der Waals surface area contributed by atoms with Crippen LogP contribution in [-0.4, -0.2) is 7.11 Å². The lowest BCUT2D eigenvalue weighted by atomic mass is 9.99. The zero-order valence-corrected chi connectivity index (χ0v) is 12.9. The van der Waals surface area contributed by atoms with Gasteiger partial charge in [0.05, 0.1) is 7.11 Å². The zero-order valence-electron chi connectivity index (χ0n) is 12.2. The average Bonchev–Trinajstić information content (AvgIpc) is 2.52. The number of nitrogens with one attached hydrogen (secondary N) is 1. The normalized spacial score (nSPS) is 12.1. The van der Waals surface area contributed by atoms with Gasteiger partial charge in [0.15, 0.2) is 0 Å². The van der Waals surface area contributed by atoms with Gasteiger partial charge in [-0.15, -0.1) is 0 Å². The summed E-state index contributed by atoms with van der Waals surface area (Å²) in [5.41, 5.74) is 5.21. The number of hydrogen-bond donors (Lipinski definition) is 2. The van der Waals surface area contributed by atoms with Crippen LogP contribution in [0.2, 0.25) is 5.02 Å². The largest absolute Gasteiger partial charge is 0.496 e. The van der Waals surface area contributed by atoms with Crippen molar-refractivity contribution < 1.29 is 4.74 Å². The van der Waals surface area contributed by atoms with E-state index in [1.165, 1.54) is 5.56 Å². The van der Waals surface area contributed by atoms with Crippen LogP contribution >= 0.6 is 11.6 Å². The number of aryl methyl sites for hydroxylation is 1. The summed E-state index contributed by atoms with van der Waals surface area (Å²) in [4.78, 5) is 0. The lowest BCUT2D eigenvalue weighted by Gasteiger charge is -2.19. The van der Waals surface area contributed by atoms with Gasteiger partial charge in [-0.1, -0.05) is 41.9 Å². The molecule has 3 N–H and O–H groups in total. The molecule has 0 aliphatic carbocycles. The second kappa shape index (κ2) is 8.03. The van der Waals surface area contributed by atoms with Crippen LogP contribution in [0.1, 0.15) is 30.0 Å². The van der Waals surface area contributed by atoms with Crippen LogP contribution in [0.4, 0.5) is 0 Å². The van der Waals surface area contributed by atoms with E-state index in [4.69, 9.17) is 22.2 Å². The van der Waals surface area contributed by atoms with Gasteiger partial charge in [0.2, 0.25) is 0 Å². The molecule has 0 amide bonds. The number of hydrogen-bond acceptors (Lipinski definition) is 3. The molecule has 21 heavy (non-hydrogen) atoms. The highest BCUT2D eigenvalue weighted by atomic mass is 35.5. The Labute approximate surface area is 131 Å². The van der Waals surface area contributed by atoms with Crippen molar-refractivity contribution in [3.05, 3.63) is 64.7 Å². The second-order valence-electron chi connectivity index (χ2n) is 4.98. The summed E-state index contributed by atoms with van der Waals surface area (Å²) in [6, 6.07) is 16.1. The highest BCUT2D eigenvalue weighted by Crippen LogP contribution is 2.30. The molecule has 2 rings (SSSR count). The molecule has 0 fully saturated rings. The van der Waals surface area contributed by atoms with Crippen molar-refractivity contribution in [2.75, 3.05) is 7.11 Å². The van der Waals surface area contributed by atoms with Crippen LogP contribution < -0.4 is 16.0 Å². The van der Waals surface area contributed by atoms with E-state index < -0.39 is 0 Å². The monoisotopic (exact) mass is 304 g/mol. The van der Waals surface area contributed by atoms with E-state index >= 15 is 0 Å². The number of rotatable bonds is 7. The van der Waals surface area contributed by atoms with Crippen LogP contribution in [-0.2, 0) is 6.42 Å². The van der Waals surface area contributed by atoms with Crippen molar-refractivity contribution in [1.82, 2.24) is 5.43 Å². The van der Waals surface area contributed by atoms with Gasteiger partial charge in [0.1, 0.15) is 5.75 Å². The Morgan fingerprint density at radius 2 is 1.95 bits per heavy atom. The third-order valence-electron chi connectivity index (χ3n) is 3.57. The van der Waals surface area contributed by atoms with Gasteiger partial charge < -0.3 is 4.74 Å². The molecule has 0 spiro atoms. The van der Waals surface area contributed by atoms with Crippen LogP contribution in [0, 0.1) is 0 Å². The molecule has 0 radical (unpaired) electrons. The minimum Gasteiger partial charge on any atom is -0.496 e. The number of hydrazine groups is 1. The summed E-state index contributed by atoms with van der Waals surface area (Å²) < 4.78 is 5.39. The summed E-state index contributed by atoms with van der Waals surface area (Å²) >= 11 is 6.08. The van der Waals surface area contributed by atoms with E-state index in [2.05, 4.69) is 29.7 Å². The summed E-state index contributed by atoms with van der Waals surface area (Å²) in [6.45, 7) is 0. The van der Waals surface area contributed by atoms with Crippen molar-refractivity contribution in [2.45, 2.75) is 25.3 Å². The molecule has 2 aromatic carbocycles. The molecule has 1 atom stereocenters. The number of benzene rings is 2. The number of ether oxygens (including phenoxy) is 1. The van der Waals surface area contributed by atoms with E-state index in [0.29, 0.717) is 5.02 Å². The van der Waals surface area contributed by atoms with E-state index in [1.54, 1.807) is 7.11 Å². The lowest BCUT2D eigenvalue weighted by molar-refractivity contribution is 0.394. The van der Waals surface area contributed by atoms with Crippen LogP contribution in [0.3, 0.4) is 0 Å². The number of nitrogens with two attached hydrogens (primary N) is 1. The van der Waals surface area contributed by atoms with Gasteiger partial charge in [-0.05, 0) is 43.0 Å². The Balaban J connectivity index is 2.01. The molecule has 2 aromatic rings. The van der Waals surface area contributed by atoms with Gasteiger partial charge in [-0.3, -0.25) is 11.3 Å². The van der Waals surface area contributed by atoms with Gasteiger partial charge in [0, 0.05) is 16.6 Å². The first-order valence-corrected chi connectivity index (χ1v) is 7.46. The molecule has 1 unspecified atom stereocenters.